The second-order valence-corrected chi connectivity index (χ2v) is 13.1. The highest BCUT2D eigenvalue weighted by Gasteiger charge is 2.37. The predicted octanol–water partition coefficient (Wildman–Crippen LogP) is 6.70. The molecule has 1 N–H and O–H groups in total. The number of likely N-dealkylation sites (N-methyl/N-ethyl adjacent to an activating group) is 1. The number of halogens is 5. The Labute approximate surface area is 272 Å². The van der Waals surface area contributed by atoms with Gasteiger partial charge in [0, 0.05) is 24.5 Å². The van der Waals surface area contributed by atoms with Crippen molar-refractivity contribution in [2.75, 3.05) is 17.9 Å². The molecule has 4 aromatic carbocycles. The summed E-state index contributed by atoms with van der Waals surface area (Å²) in [5.41, 5.74) is -0.314. The number of alkyl halides is 3. The van der Waals surface area contributed by atoms with Crippen molar-refractivity contribution in [1.29, 1.82) is 0 Å². The molecular formula is C32H28BrClF3N3O4S. The van der Waals surface area contributed by atoms with Crippen LogP contribution in [0.15, 0.2) is 112 Å². The molecule has 4 aromatic rings. The number of anilines is 1. The van der Waals surface area contributed by atoms with Gasteiger partial charge in [0.15, 0.2) is 0 Å². The van der Waals surface area contributed by atoms with Gasteiger partial charge in [0.1, 0.15) is 12.6 Å². The molecule has 45 heavy (non-hydrogen) atoms. The summed E-state index contributed by atoms with van der Waals surface area (Å²) in [5.74, 6) is -1.32. The van der Waals surface area contributed by atoms with Crippen molar-refractivity contribution in [2.45, 2.75) is 30.1 Å². The van der Waals surface area contributed by atoms with Crippen LogP contribution in [0.25, 0.3) is 0 Å². The molecule has 0 saturated heterocycles. The molecule has 0 radical (unpaired) electrons. The Bertz CT molecular complexity index is 1740. The van der Waals surface area contributed by atoms with Gasteiger partial charge >= 0.3 is 6.18 Å². The fourth-order valence-electron chi connectivity index (χ4n) is 4.64. The van der Waals surface area contributed by atoms with E-state index in [0.717, 1.165) is 22.2 Å². The van der Waals surface area contributed by atoms with Crippen LogP contribution in [-0.4, -0.2) is 44.8 Å². The summed E-state index contributed by atoms with van der Waals surface area (Å²) in [5, 5.41) is 1.94. The lowest BCUT2D eigenvalue weighted by Gasteiger charge is -2.33. The third kappa shape index (κ3) is 8.44. The maximum atomic E-state index is 14.3. The van der Waals surface area contributed by atoms with Gasteiger partial charge in [-0.2, -0.15) is 13.2 Å². The van der Waals surface area contributed by atoms with E-state index in [1.165, 1.54) is 36.2 Å². The summed E-state index contributed by atoms with van der Waals surface area (Å²) in [6.45, 7) is -1.00. The van der Waals surface area contributed by atoms with Gasteiger partial charge in [-0.25, -0.2) is 8.42 Å². The van der Waals surface area contributed by atoms with Crippen molar-refractivity contribution in [2.24, 2.45) is 0 Å². The minimum absolute atomic E-state index is 0.0907. The highest BCUT2D eigenvalue weighted by atomic mass is 79.9. The maximum Gasteiger partial charge on any atom is 0.417 e. The average molecular weight is 723 g/mol. The van der Waals surface area contributed by atoms with Gasteiger partial charge < -0.3 is 10.2 Å². The normalized spacial score (nSPS) is 12.3. The molecule has 0 bridgehead atoms. The van der Waals surface area contributed by atoms with Gasteiger partial charge in [0.25, 0.3) is 10.0 Å². The third-order valence-electron chi connectivity index (χ3n) is 6.94. The Kier molecular flexibility index (Phi) is 10.9. The molecule has 0 spiro atoms. The molecule has 0 aliphatic rings. The fourth-order valence-corrected chi connectivity index (χ4v) is 6.56. The second-order valence-electron chi connectivity index (χ2n) is 9.95. The number of carbonyl (C=O) groups excluding carboxylic acids is 2. The Hall–Kier alpha value is -3.87. The van der Waals surface area contributed by atoms with Crippen molar-refractivity contribution in [3.8, 4) is 0 Å². The zero-order valence-electron chi connectivity index (χ0n) is 23.8. The van der Waals surface area contributed by atoms with E-state index < -0.39 is 56.9 Å². The lowest BCUT2D eigenvalue weighted by Crippen LogP contribution is -2.53. The van der Waals surface area contributed by atoms with Crippen molar-refractivity contribution in [1.82, 2.24) is 10.2 Å². The number of benzene rings is 4. The van der Waals surface area contributed by atoms with Crippen LogP contribution >= 0.6 is 27.5 Å². The van der Waals surface area contributed by atoms with Crippen molar-refractivity contribution in [3.05, 3.63) is 129 Å². The van der Waals surface area contributed by atoms with E-state index in [4.69, 9.17) is 11.6 Å². The predicted molar refractivity (Wildman–Crippen MR) is 170 cm³/mol. The first-order valence-electron chi connectivity index (χ1n) is 13.5. The highest BCUT2D eigenvalue weighted by Crippen LogP contribution is 2.38. The average Bonchev–Trinajstić information content (AvgIpc) is 3.02. The van der Waals surface area contributed by atoms with E-state index in [0.29, 0.717) is 15.9 Å². The van der Waals surface area contributed by atoms with Crippen LogP contribution in [0.1, 0.15) is 16.7 Å². The van der Waals surface area contributed by atoms with Crippen LogP contribution in [-0.2, 0) is 38.8 Å². The van der Waals surface area contributed by atoms with Crippen LogP contribution in [0, 0.1) is 0 Å². The topological polar surface area (TPSA) is 86.8 Å². The molecule has 13 heteroatoms. The number of nitrogens with one attached hydrogen (secondary N) is 1. The summed E-state index contributed by atoms with van der Waals surface area (Å²) in [6, 6.07) is 24.5. The van der Waals surface area contributed by atoms with Crippen LogP contribution < -0.4 is 9.62 Å². The van der Waals surface area contributed by atoms with Crippen LogP contribution in [0.4, 0.5) is 18.9 Å². The third-order valence-corrected chi connectivity index (χ3v) is 9.58. The van der Waals surface area contributed by atoms with E-state index in [2.05, 4.69) is 21.2 Å². The molecule has 0 aliphatic heterocycles. The van der Waals surface area contributed by atoms with Crippen LogP contribution in [0.3, 0.4) is 0 Å². The van der Waals surface area contributed by atoms with Gasteiger partial charge in [-0.05, 0) is 53.6 Å². The van der Waals surface area contributed by atoms with Gasteiger partial charge in [-0.1, -0.05) is 88.2 Å². The smallest absolute Gasteiger partial charge is 0.357 e. The Morgan fingerprint density at radius 2 is 1.49 bits per heavy atom. The van der Waals surface area contributed by atoms with Crippen molar-refractivity contribution in [3.63, 3.8) is 0 Å². The molecule has 0 aromatic heterocycles. The molecule has 0 saturated carbocycles. The summed E-state index contributed by atoms with van der Waals surface area (Å²) in [4.78, 5) is 28.5. The Balaban J connectivity index is 1.83. The van der Waals surface area contributed by atoms with Gasteiger partial charge in [0.2, 0.25) is 11.8 Å². The van der Waals surface area contributed by atoms with Crippen LogP contribution in [0.2, 0.25) is 5.02 Å². The van der Waals surface area contributed by atoms with E-state index in [1.54, 1.807) is 60.7 Å². The SMILES string of the molecule is CNC(=O)C(Cc1ccccc1)N(Cc1ccc(Br)cc1)C(=O)CN(c1ccc(Cl)c(C(F)(F)F)c1)S(=O)(=O)c1ccccc1. The quantitative estimate of drug-likeness (QED) is 0.187. The number of hydrogen-bond donors (Lipinski definition) is 1. The second kappa shape index (κ2) is 14.5. The molecule has 0 heterocycles. The number of amides is 2. The van der Waals surface area contributed by atoms with Crippen molar-refractivity contribution >= 4 is 55.1 Å². The molecule has 0 fully saturated rings. The Morgan fingerprint density at radius 3 is 2.07 bits per heavy atom. The van der Waals surface area contributed by atoms with E-state index in [9.17, 15) is 31.2 Å². The Morgan fingerprint density at radius 1 is 0.889 bits per heavy atom. The zero-order valence-corrected chi connectivity index (χ0v) is 27.0. The first kappa shape index (κ1) is 34.0. The van der Waals surface area contributed by atoms with Gasteiger partial charge in [-0.15, -0.1) is 0 Å². The van der Waals surface area contributed by atoms with Crippen LogP contribution in [0.5, 0.6) is 0 Å². The molecule has 0 aliphatic carbocycles. The van der Waals surface area contributed by atoms with Crippen molar-refractivity contribution < 1.29 is 31.2 Å². The number of sulfonamides is 1. The van der Waals surface area contributed by atoms with E-state index >= 15 is 0 Å². The molecule has 7 nitrogen and oxygen atoms in total. The summed E-state index contributed by atoms with van der Waals surface area (Å²) < 4.78 is 70.8. The first-order valence-corrected chi connectivity index (χ1v) is 16.2. The summed E-state index contributed by atoms with van der Waals surface area (Å²) in [6.07, 6.45) is -4.81. The molecule has 4 rings (SSSR count). The number of carbonyl (C=O) groups is 2. The minimum atomic E-state index is -4.90. The number of hydrogen-bond acceptors (Lipinski definition) is 4. The molecule has 1 atom stereocenters. The zero-order chi connectivity index (χ0) is 32.8. The van der Waals surface area contributed by atoms with Gasteiger partial charge in [-0.3, -0.25) is 13.9 Å². The number of rotatable bonds is 11. The lowest BCUT2D eigenvalue weighted by atomic mass is 10.0. The molecule has 2 amide bonds. The largest absolute Gasteiger partial charge is 0.417 e. The molecule has 236 valence electrons. The van der Waals surface area contributed by atoms with Gasteiger partial charge in [0.05, 0.1) is 21.2 Å². The standard InChI is InChI=1S/C32H28BrClF3N3O4S/c1-38-31(42)29(18-22-8-4-2-5-9-22)39(20-23-12-14-24(33)15-13-23)30(41)21-40(45(43,44)26-10-6-3-7-11-26)25-16-17-28(34)27(19-25)32(35,36)37/h2-17,19,29H,18,20-21H2,1H3,(H,38,42). The first-order chi connectivity index (χ1) is 21.3. The molecule has 1 unspecified atom stereocenters. The molecular weight excluding hydrogens is 695 g/mol. The van der Waals surface area contributed by atoms with E-state index in [-0.39, 0.29) is 17.9 Å². The van der Waals surface area contributed by atoms with E-state index in [1.807, 2.05) is 0 Å². The summed E-state index contributed by atoms with van der Waals surface area (Å²) in [7, 11) is -3.16. The fraction of sp³-hybridized carbons (Fsp3) is 0.188. The maximum absolute atomic E-state index is 14.3. The minimum Gasteiger partial charge on any atom is -0.357 e. The number of nitrogens with zero attached hydrogens (tertiary/aromatic N) is 2. The summed E-state index contributed by atoms with van der Waals surface area (Å²) >= 11 is 9.20. The monoisotopic (exact) mass is 721 g/mol. The lowest BCUT2D eigenvalue weighted by molar-refractivity contribution is -0.139. The highest BCUT2D eigenvalue weighted by molar-refractivity contribution is 9.10.